The molecule has 0 fully saturated rings. The van der Waals surface area contributed by atoms with Crippen LogP contribution in [0.3, 0.4) is 0 Å². The van der Waals surface area contributed by atoms with Gasteiger partial charge in [-0.2, -0.15) is 0 Å². The Labute approximate surface area is 158 Å². The lowest BCUT2D eigenvalue weighted by molar-refractivity contribution is -0.115. The first kappa shape index (κ1) is 17.1. The fourth-order valence-corrected chi connectivity index (χ4v) is 3.42. The number of nitrogens with zero attached hydrogens (tertiary/aromatic N) is 1. The summed E-state index contributed by atoms with van der Waals surface area (Å²) in [5.41, 5.74) is 1.95. The molecule has 1 atom stereocenters. The highest BCUT2D eigenvalue weighted by atomic mass is 35.5. The number of halogens is 1. The fourth-order valence-electron chi connectivity index (χ4n) is 2.50. The van der Waals surface area contributed by atoms with Crippen LogP contribution in [-0.4, -0.2) is 29.4 Å². The summed E-state index contributed by atoms with van der Waals surface area (Å²) in [4.78, 5) is 16.8. The third kappa shape index (κ3) is 3.59. The van der Waals surface area contributed by atoms with Crippen molar-refractivity contribution in [2.45, 2.75) is 17.4 Å². The number of benzene rings is 2. The van der Waals surface area contributed by atoms with E-state index in [1.54, 1.807) is 43.3 Å². The largest absolute Gasteiger partial charge is 0.486 e. The minimum atomic E-state index is -0.397. The van der Waals surface area contributed by atoms with Crippen molar-refractivity contribution in [3.05, 3.63) is 41.4 Å². The van der Waals surface area contributed by atoms with Crippen molar-refractivity contribution in [2.75, 3.05) is 18.5 Å². The molecule has 0 radical (unpaired) electrons. The molecule has 134 valence electrons. The van der Waals surface area contributed by atoms with Crippen LogP contribution < -0.4 is 14.8 Å². The molecule has 1 N–H and O–H groups in total. The van der Waals surface area contributed by atoms with Gasteiger partial charge in [0.1, 0.15) is 18.7 Å². The summed E-state index contributed by atoms with van der Waals surface area (Å²) in [6.07, 6.45) is 0. The van der Waals surface area contributed by atoms with Crippen LogP contribution in [0.25, 0.3) is 11.1 Å². The van der Waals surface area contributed by atoms with Crippen molar-refractivity contribution in [1.82, 2.24) is 4.98 Å². The monoisotopic (exact) mass is 390 g/mol. The van der Waals surface area contributed by atoms with E-state index in [1.807, 2.05) is 0 Å². The number of hydrogen-bond acceptors (Lipinski definition) is 6. The summed E-state index contributed by atoms with van der Waals surface area (Å²) in [7, 11) is 0. The van der Waals surface area contributed by atoms with Crippen molar-refractivity contribution in [1.29, 1.82) is 0 Å². The molecule has 8 heteroatoms. The number of oxazole rings is 1. The van der Waals surface area contributed by atoms with Crippen LogP contribution in [0.5, 0.6) is 11.5 Å². The molecule has 0 spiro atoms. The number of amides is 1. The molecule has 2 aromatic carbocycles. The maximum atomic E-state index is 12.5. The third-order valence-corrected chi connectivity index (χ3v) is 4.97. The van der Waals surface area contributed by atoms with Crippen LogP contribution in [0.4, 0.5) is 5.69 Å². The lowest BCUT2D eigenvalue weighted by Crippen LogP contribution is -2.22. The third-order valence-electron chi connectivity index (χ3n) is 3.79. The Kier molecular flexibility index (Phi) is 4.65. The number of rotatable bonds is 4. The SMILES string of the molecule is CC(Sc1nc2cc(Cl)ccc2o1)C(=O)Nc1ccc2c(c1)OCCO2. The van der Waals surface area contributed by atoms with E-state index < -0.39 is 5.25 Å². The quantitative estimate of drug-likeness (QED) is 0.667. The maximum Gasteiger partial charge on any atom is 0.257 e. The average molecular weight is 391 g/mol. The van der Waals surface area contributed by atoms with E-state index in [9.17, 15) is 4.79 Å². The molecule has 1 aromatic heterocycles. The van der Waals surface area contributed by atoms with E-state index in [1.165, 1.54) is 11.8 Å². The van der Waals surface area contributed by atoms with Gasteiger partial charge in [-0.25, -0.2) is 4.98 Å². The molecule has 1 amide bonds. The summed E-state index contributed by atoms with van der Waals surface area (Å²) >= 11 is 7.20. The van der Waals surface area contributed by atoms with Crippen molar-refractivity contribution in [3.63, 3.8) is 0 Å². The molecule has 0 saturated carbocycles. The fraction of sp³-hybridized carbons (Fsp3) is 0.222. The van der Waals surface area contributed by atoms with E-state index >= 15 is 0 Å². The number of ether oxygens (including phenoxy) is 2. The van der Waals surface area contributed by atoms with Crippen molar-refractivity contribution in [2.24, 2.45) is 0 Å². The number of carbonyl (C=O) groups excluding carboxylic acids is 1. The molecule has 0 bridgehead atoms. The predicted octanol–water partition coefficient (Wildman–Crippen LogP) is 4.37. The second-order valence-electron chi connectivity index (χ2n) is 5.70. The van der Waals surface area contributed by atoms with E-state index in [2.05, 4.69) is 10.3 Å². The van der Waals surface area contributed by atoms with Crippen LogP contribution in [-0.2, 0) is 4.79 Å². The summed E-state index contributed by atoms with van der Waals surface area (Å²) in [5, 5.41) is 3.49. The van der Waals surface area contributed by atoms with E-state index in [0.29, 0.717) is 51.7 Å². The van der Waals surface area contributed by atoms with Gasteiger partial charge in [-0.3, -0.25) is 4.79 Å². The first-order chi connectivity index (χ1) is 12.6. The number of anilines is 1. The molecule has 26 heavy (non-hydrogen) atoms. The Morgan fingerprint density at radius 2 is 2.00 bits per heavy atom. The molecule has 0 aliphatic carbocycles. The van der Waals surface area contributed by atoms with Gasteiger partial charge in [-0.15, -0.1) is 0 Å². The zero-order chi connectivity index (χ0) is 18.1. The normalized spacial score (nSPS) is 14.2. The van der Waals surface area contributed by atoms with Crippen molar-refractivity contribution in [3.8, 4) is 11.5 Å². The molecule has 2 heterocycles. The highest BCUT2D eigenvalue weighted by Crippen LogP contribution is 2.33. The van der Waals surface area contributed by atoms with Gasteiger partial charge in [-0.1, -0.05) is 23.4 Å². The zero-order valence-electron chi connectivity index (χ0n) is 13.8. The Bertz CT molecular complexity index is 975. The van der Waals surface area contributed by atoms with E-state index in [-0.39, 0.29) is 5.91 Å². The molecule has 0 saturated heterocycles. The smallest absolute Gasteiger partial charge is 0.257 e. The molecular formula is C18H15ClN2O4S. The van der Waals surface area contributed by atoms with Gasteiger partial charge in [0.15, 0.2) is 17.1 Å². The minimum absolute atomic E-state index is 0.160. The van der Waals surface area contributed by atoms with Gasteiger partial charge >= 0.3 is 0 Å². The Balaban J connectivity index is 1.43. The number of carbonyl (C=O) groups is 1. The van der Waals surface area contributed by atoms with Crippen LogP contribution >= 0.6 is 23.4 Å². The number of fused-ring (bicyclic) bond motifs is 2. The highest BCUT2D eigenvalue weighted by molar-refractivity contribution is 8.00. The molecule has 6 nitrogen and oxygen atoms in total. The number of aromatic nitrogens is 1. The summed E-state index contributed by atoms with van der Waals surface area (Å²) < 4.78 is 16.6. The second-order valence-corrected chi connectivity index (χ2v) is 7.43. The molecule has 3 aromatic rings. The van der Waals surface area contributed by atoms with Crippen LogP contribution in [0.1, 0.15) is 6.92 Å². The minimum Gasteiger partial charge on any atom is -0.486 e. The molecule has 1 aliphatic heterocycles. The maximum absolute atomic E-state index is 12.5. The molecule has 1 aliphatic rings. The first-order valence-corrected chi connectivity index (χ1v) is 9.27. The Morgan fingerprint density at radius 1 is 1.19 bits per heavy atom. The summed E-state index contributed by atoms with van der Waals surface area (Å²) in [6, 6.07) is 10.5. The van der Waals surface area contributed by atoms with Crippen LogP contribution in [0.15, 0.2) is 46.0 Å². The Hall–Kier alpha value is -2.38. The van der Waals surface area contributed by atoms with E-state index in [0.717, 1.165) is 0 Å². The zero-order valence-corrected chi connectivity index (χ0v) is 15.4. The van der Waals surface area contributed by atoms with Gasteiger partial charge in [0.05, 0.1) is 5.25 Å². The lowest BCUT2D eigenvalue weighted by Gasteiger charge is -2.19. The van der Waals surface area contributed by atoms with Crippen molar-refractivity contribution < 1.29 is 18.7 Å². The first-order valence-electron chi connectivity index (χ1n) is 8.02. The van der Waals surface area contributed by atoms with Gasteiger partial charge in [0.2, 0.25) is 5.91 Å². The average Bonchev–Trinajstić information content (AvgIpc) is 3.02. The van der Waals surface area contributed by atoms with Crippen LogP contribution in [0.2, 0.25) is 5.02 Å². The number of nitrogens with one attached hydrogen (secondary N) is 1. The van der Waals surface area contributed by atoms with Gasteiger partial charge < -0.3 is 19.2 Å². The predicted molar refractivity (Wildman–Crippen MR) is 100 cm³/mol. The van der Waals surface area contributed by atoms with Crippen molar-refractivity contribution >= 4 is 46.1 Å². The summed E-state index contributed by atoms with van der Waals surface area (Å²) in [5.74, 6) is 1.15. The molecular weight excluding hydrogens is 376 g/mol. The second kappa shape index (κ2) is 7.09. The lowest BCUT2D eigenvalue weighted by atomic mass is 10.2. The van der Waals surface area contributed by atoms with Crippen LogP contribution in [0, 0.1) is 0 Å². The van der Waals surface area contributed by atoms with Gasteiger partial charge in [-0.05, 0) is 37.3 Å². The number of thioether (sulfide) groups is 1. The van der Waals surface area contributed by atoms with Gasteiger partial charge in [0, 0.05) is 16.8 Å². The highest BCUT2D eigenvalue weighted by Gasteiger charge is 2.19. The Morgan fingerprint density at radius 3 is 2.85 bits per heavy atom. The molecule has 1 unspecified atom stereocenters. The van der Waals surface area contributed by atoms with Gasteiger partial charge in [0.25, 0.3) is 5.22 Å². The number of hydrogen-bond donors (Lipinski definition) is 1. The topological polar surface area (TPSA) is 73.6 Å². The molecule has 4 rings (SSSR count). The summed E-state index contributed by atoms with van der Waals surface area (Å²) in [6.45, 7) is 2.82. The van der Waals surface area contributed by atoms with E-state index in [4.69, 9.17) is 25.5 Å². The standard InChI is InChI=1S/C18H15ClN2O4S/c1-10(26-18-21-13-8-11(19)2-4-14(13)25-18)17(22)20-12-3-5-15-16(9-12)24-7-6-23-15/h2-5,8-10H,6-7H2,1H3,(H,20,22).